The minimum Gasteiger partial charge on any atom is -0.0985 e. The smallest absolute Gasteiger partial charge is 0.00137 e. The maximum atomic E-state index is 3.82. The average molecular weight is 218 g/mol. The third-order valence-electron chi connectivity index (χ3n) is 3.26. The average Bonchev–Trinajstić information content (AvgIpc) is 2.82. The van der Waals surface area contributed by atoms with Crippen molar-refractivity contribution >= 4 is 17.7 Å². The molecule has 0 radical (unpaired) electrons. The second kappa shape index (κ2) is 4.06. The van der Waals surface area contributed by atoms with E-state index in [1.807, 2.05) is 6.08 Å². The molecule has 1 aliphatic carbocycles. The number of benzene rings is 2. The molecule has 0 aromatic heterocycles. The molecule has 0 aliphatic heterocycles. The van der Waals surface area contributed by atoms with Gasteiger partial charge in [-0.1, -0.05) is 61.2 Å². The fourth-order valence-corrected chi connectivity index (χ4v) is 2.33. The molecule has 0 unspecified atom stereocenters. The quantitative estimate of drug-likeness (QED) is 0.699. The van der Waals surface area contributed by atoms with Gasteiger partial charge in [0, 0.05) is 0 Å². The lowest BCUT2D eigenvalue weighted by Crippen LogP contribution is -1.86. The molecule has 0 amide bonds. The summed E-state index contributed by atoms with van der Waals surface area (Å²) < 4.78 is 0. The minimum atomic E-state index is 1.04. The fourth-order valence-electron chi connectivity index (χ4n) is 2.33. The lowest BCUT2D eigenvalue weighted by atomic mass is 10.0. The van der Waals surface area contributed by atoms with Crippen LogP contribution in [0, 0.1) is 0 Å². The molecule has 0 atom stereocenters. The predicted octanol–water partition coefficient (Wildman–Crippen LogP) is 4.43. The molecule has 17 heavy (non-hydrogen) atoms. The summed E-state index contributed by atoms with van der Waals surface area (Å²) in [5, 5.41) is 0. The Morgan fingerprint density at radius 3 is 2.71 bits per heavy atom. The van der Waals surface area contributed by atoms with Crippen LogP contribution >= 0.6 is 0 Å². The largest absolute Gasteiger partial charge is 0.0985 e. The maximum absolute atomic E-state index is 3.82. The van der Waals surface area contributed by atoms with Crippen molar-refractivity contribution in [3.63, 3.8) is 0 Å². The summed E-state index contributed by atoms with van der Waals surface area (Å²) in [5.74, 6) is 0. The van der Waals surface area contributed by atoms with Crippen LogP contribution in [0.2, 0.25) is 0 Å². The highest BCUT2D eigenvalue weighted by molar-refractivity contribution is 5.88. The van der Waals surface area contributed by atoms with Crippen LogP contribution in [-0.2, 0) is 6.42 Å². The van der Waals surface area contributed by atoms with E-state index in [2.05, 4.69) is 61.2 Å². The van der Waals surface area contributed by atoms with E-state index < -0.39 is 0 Å². The molecule has 0 heterocycles. The summed E-state index contributed by atoms with van der Waals surface area (Å²) in [6, 6.07) is 17.1. The SMILES string of the molecule is C=Cc1cccc(C2=Cc3ccccc3C2)c1. The van der Waals surface area contributed by atoms with E-state index in [1.165, 1.54) is 27.8 Å². The van der Waals surface area contributed by atoms with Crippen molar-refractivity contribution in [3.8, 4) is 0 Å². The van der Waals surface area contributed by atoms with Gasteiger partial charge in [-0.15, -0.1) is 0 Å². The monoisotopic (exact) mass is 218 g/mol. The van der Waals surface area contributed by atoms with Crippen LogP contribution in [0.1, 0.15) is 22.3 Å². The van der Waals surface area contributed by atoms with Crippen LogP contribution in [0.15, 0.2) is 55.1 Å². The second-order valence-corrected chi connectivity index (χ2v) is 4.37. The normalized spacial score (nSPS) is 13.1. The van der Waals surface area contributed by atoms with Gasteiger partial charge >= 0.3 is 0 Å². The molecule has 0 fully saturated rings. The van der Waals surface area contributed by atoms with Crippen molar-refractivity contribution in [2.45, 2.75) is 6.42 Å². The van der Waals surface area contributed by atoms with Gasteiger partial charge in [-0.25, -0.2) is 0 Å². The van der Waals surface area contributed by atoms with Gasteiger partial charge in [-0.05, 0) is 40.3 Å². The first-order valence-corrected chi connectivity index (χ1v) is 5.88. The Balaban J connectivity index is 2.00. The zero-order valence-corrected chi connectivity index (χ0v) is 9.69. The molecule has 0 heteroatoms. The third kappa shape index (κ3) is 1.83. The Morgan fingerprint density at radius 1 is 1.00 bits per heavy atom. The van der Waals surface area contributed by atoms with Crippen molar-refractivity contribution in [1.29, 1.82) is 0 Å². The standard InChI is InChI=1S/C17H14/c1-2-13-6-5-9-14(10-13)17-11-15-7-3-4-8-16(15)12-17/h2-11H,1,12H2. The molecule has 0 bridgehead atoms. The molecule has 2 aromatic rings. The Morgan fingerprint density at radius 2 is 1.88 bits per heavy atom. The molecule has 0 spiro atoms. The Kier molecular flexibility index (Phi) is 2.41. The van der Waals surface area contributed by atoms with Gasteiger partial charge in [0.1, 0.15) is 0 Å². The fraction of sp³-hybridized carbons (Fsp3) is 0.0588. The number of hydrogen-bond acceptors (Lipinski definition) is 0. The highest BCUT2D eigenvalue weighted by atomic mass is 14.2. The first kappa shape index (κ1) is 10.1. The molecule has 0 N–H and O–H groups in total. The molecule has 3 rings (SSSR count). The number of rotatable bonds is 2. The molecular weight excluding hydrogens is 204 g/mol. The van der Waals surface area contributed by atoms with Gasteiger partial charge in [-0.2, -0.15) is 0 Å². The molecule has 0 nitrogen and oxygen atoms in total. The summed E-state index contributed by atoms with van der Waals surface area (Å²) in [6.07, 6.45) is 5.22. The van der Waals surface area contributed by atoms with E-state index in [0.29, 0.717) is 0 Å². The molecule has 2 aromatic carbocycles. The third-order valence-corrected chi connectivity index (χ3v) is 3.26. The maximum Gasteiger partial charge on any atom is -0.00137 e. The first-order chi connectivity index (χ1) is 8.36. The van der Waals surface area contributed by atoms with E-state index in [1.54, 1.807) is 0 Å². The highest BCUT2D eigenvalue weighted by Crippen LogP contribution is 2.31. The van der Waals surface area contributed by atoms with Crippen LogP contribution in [-0.4, -0.2) is 0 Å². The minimum absolute atomic E-state index is 1.04. The van der Waals surface area contributed by atoms with Gasteiger partial charge in [0.15, 0.2) is 0 Å². The van der Waals surface area contributed by atoms with Crippen LogP contribution < -0.4 is 0 Å². The van der Waals surface area contributed by atoms with Crippen LogP contribution in [0.3, 0.4) is 0 Å². The van der Waals surface area contributed by atoms with Crippen molar-refractivity contribution in [2.75, 3.05) is 0 Å². The first-order valence-electron chi connectivity index (χ1n) is 5.88. The van der Waals surface area contributed by atoms with Gasteiger partial charge in [0.25, 0.3) is 0 Å². The van der Waals surface area contributed by atoms with Gasteiger partial charge in [-0.3, -0.25) is 0 Å². The van der Waals surface area contributed by atoms with Crippen molar-refractivity contribution in [2.24, 2.45) is 0 Å². The topological polar surface area (TPSA) is 0 Å². The molecule has 82 valence electrons. The van der Waals surface area contributed by atoms with Gasteiger partial charge < -0.3 is 0 Å². The summed E-state index contributed by atoms with van der Waals surface area (Å²) in [4.78, 5) is 0. The molecule has 1 aliphatic rings. The summed E-state index contributed by atoms with van der Waals surface area (Å²) in [7, 11) is 0. The lowest BCUT2D eigenvalue weighted by Gasteiger charge is -2.03. The van der Waals surface area contributed by atoms with Gasteiger partial charge in [0.2, 0.25) is 0 Å². The van der Waals surface area contributed by atoms with E-state index in [-0.39, 0.29) is 0 Å². The predicted molar refractivity (Wildman–Crippen MR) is 74.6 cm³/mol. The van der Waals surface area contributed by atoms with Crippen LogP contribution in [0.4, 0.5) is 0 Å². The molecule has 0 saturated carbocycles. The zero-order valence-electron chi connectivity index (χ0n) is 9.69. The number of fused-ring (bicyclic) bond motifs is 1. The van der Waals surface area contributed by atoms with E-state index >= 15 is 0 Å². The van der Waals surface area contributed by atoms with E-state index in [4.69, 9.17) is 0 Å². The summed E-state index contributed by atoms with van der Waals surface area (Å²) in [5.41, 5.74) is 6.66. The summed E-state index contributed by atoms with van der Waals surface area (Å²) >= 11 is 0. The Labute approximate surface area is 102 Å². The van der Waals surface area contributed by atoms with Crippen molar-refractivity contribution < 1.29 is 0 Å². The van der Waals surface area contributed by atoms with Crippen LogP contribution in [0.5, 0.6) is 0 Å². The summed E-state index contributed by atoms with van der Waals surface area (Å²) in [6.45, 7) is 3.82. The second-order valence-electron chi connectivity index (χ2n) is 4.37. The Hall–Kier alpha value is -2.08. The Bertz CT molecular complexity index is 603. The molecular formula is C17H14. The van der Waals surface area contributed by atoms with E-state index in [9.17, 15) is 0 Å². The van der Waals surface area contributed by atoms with Gasteiger partial charge in [0.05, 0.1) is 0 Å². The van der Waals surface area contributed by atoms with Crippen LogP contribution in [0.25, 0.3) is 17.7 Å². The van der Waals surface area contributed by atoms with Crippen molar-refractivity contribution in [1.82, 2.24) is 0 Å². The zero-order chi connectivity index (χ0) is 11.7. The van der Waals surface area contributed by atoms with Crippen molar-refractivity contribution in [3.05, 3.63) is 77.4 Å². The van der Waals surface area contributed by atoms with E-state index in [0.717, 1.165) is 6.42 Å². The number of allylic oxidation sites excluding steroid dienone is 1. The lowest BCUT2D eigenvalue weighted by molar-refractivity contribution is 1.31. The highest BCUT2D eigenvalue weighted by Gasteiger charge is 2.12. The number of hydrogen-bond donors (Lipinski definition) is 0. The molecule has 0 saturated heterocycles.